The highest BCUT2D eigenvalue weighted by Gasteiger charge is 2.37. The molecular weight excluding hydrogens is 343 g/mol. The lowest BCUT2D eigenvalue weighted by atomic mass is 10.1. The van der Waals surface area contributed by atoms with Crippen LogP contribution in [0.3, 0.4) is 0 Å². The smallest absolute Gasteiger partial charge is 0.405 e. The van der Waals surface area contributed by atoms with Crippen LogP contribution in [0.25, 0.3) is 0 Å². The summed E-state index contributed by atoms with van der Waals surface area (Å²) >= 11 is 3.36. The van der Waals surface area contributed by atoms with Crippen LogP contribution in [0.2, 0.25) is 0 Å². The summed E-state index contributed by atoms with van der Waals surface area (Å²) in [5.74, 6) is -0.568. The van der Waals surface area contributed by atoms with Gasteiger partial charge in [-0.15, -0.1) is 0 Å². The molecule has 0 aromatic heterocycles. The van der Waals surface area contributed by atoms with Gasteiger partial charge in [0.05, 0.1) is 5.69 Å². The molecule has 1 heterocycles. The van der Waals surface area contributed by atoms with E-state index in [1.165, 1.54) is 4.90 Å². The SMILES string of the molecule is O=C(O)NC1CCN(c2ccc(Br)c(C3CC3)c2F)C1=O. The Hall–Kier alpha value is -1.63. The fourth-order valence-corrected chi connectivity index (χ4v) is 3.34. The molecular formula is C14H14BrFN2O3. The largest absolute Gasteiger partial charge is 0.465 e. The van der Waals surface area contributed by atoms with Crippen molar-refractivity contribution >= 4 is 33.6 Å². The van der Waals surface area contributed by atoms with Gasteiger partial charge in [-0.05, 0) is 37.3 Å². The molecule has 3 rings (SSSR count). The normalized spacial score (nSPS) is 21.7. The van der Waals surface area contributed by atoms with Crippen LogP contribution in [0.4, 0.5) is 14.9 Å². The highest BCUT2D eigenvalue weighted by atomic mass is 79.9. The first-order valence-electron chi connectivity index (χ1n) is 6.77. The zero-order valence-electron chi connectivity index (χ0n) is 11.1. The number of hydrogen-bond acceptors (Lipinski definition) is 2. The fraction of sp³-hybridized carbons (Fsp3) is 0.429. The van der Waals surface area contributed by atoms with Crippen LogP contribution >= 0.6 is 15.9 Å². The maximum Gasteiger partial charge on any atom is 0.405 e. The first-order chi connectivity index (χ1) is 9.99. The molecule has 2 aliphatic rings. The summed E-state index contributed by atoms with van der Waals surface area (Å²) in [6.07, 6.45) is 1.01. The van der Waals surface area contributed by atoms with Crippen LogP contribution in [0.5, 0.6) is 0 Å². The molecule has 1 atom stereocenters. The Morgan fingerprint density at radius 1 is 1.38 bits per heavy atom. The highest BCUT2D eigenvalue weighted by Crippen LogP contribution is 2.46. The predicted octanol–water partition coefficient (Wildman–Crippen LogP) is 2.84. The Kier molecular flexibility index (Phi) is 3.61. The maximum atomic E-state index is 14.7. The van der Waals surface area contributed by atoms with Crippen LogP contribution in [-0.2, 0) is 4.79 Å². The van der Waals surface area contributed by atoms with Crippen molar-refractivity contribution in [1.29, 1.82) is 0 Å². The minimum Gasteiger partial charge on any atom is -0.465 e. The van der Waals surface area contributed by atoms with Gasteiger partial charge in [0.25, 0.3) is 0 Å². The quantitative estimate of drug-likeness (QED) is 0.874. The van der Waals surface area contributed by atoms with Crippen LogP contribution in [0.15, 0.2) is 16.6 Å². The molecule has 1 saturated heterocycles. The molecule has 0 spiro atoms. The fourth-order valence-electron chi connectivity index (χ4n) is 2.71. The van der Waals surface area contributed by atoms with Crippen molar-refractivity contribution in [2.24, 2.45) is 0 Å². The topological polar surface area (TPSA) is 69.6 Å². The number of benzene rings is 1. The number of rotatable bonds is 3. The van der Waals surface area contributed by atoms with E-state index in [1.54, 1.807) is 12.1 Å². The van der Waals surface area contributed by atoms with Gasteiger partial charge in [-0.2, -0.15) is 0 Å². The van der Waals surface area contributed by atoms with Gasteiger partial charge in [-0.1, -0.05) is 15.9 Å². The Bertz CT molecular complexity index is 618. The minimum absolute atomic E-state index is 0.213. The third-order valence-corrected chi connectivity index (χ3v) is 4.58. The van der Waals surface area contributed by atoms with Gasteiger partial charge in [-0.25, -0.2) is 9.18 Å². The Labute approximate surface area is 129 Å². The number of amides is 2. The van der Waals surface area contributed by atoms with E-state index in [2.05, 4.69) is 21.2 Å². The summed E-state index contributed by atoms with van der Waals surface area (Å²) < 4.78 is 15.4. The monoisotopic (exact) mass is 356 g/mol. The third-order valence-electron chi connectivity index (χ3n) is 3.89. The number of anilines is 1. The first-order valence-corrected chi connectivity index (χ1v) is 7.57. The molecule has 2 amide bonds. The molecule has 5 nitrogen and oxygen atoms in total. The summed E-state index contributed by atoms with van der Waals surface area (Å²) in [5.41, 5.74) is 0.856. The van der Waals surface area contributed by atoms with Crippen LogP contribution in [0, 0.1) is 5.82 Å². The van der Waals surface area contributed by atoms with Gasteiger partial charge < -0.3 is 15.3 Å². The molecule has 7 heteroatoms. The van der Waals surface area contributed by atoms with Crippen molar-refractivity contribution in [3.63, 3.8) is 0 Å². The number of halogens is 2. The number of carboxylic acid groups (broad SMARTS) is 1. The maximum absolute atomic E-state index is 14.7. The predicted molar refractivity (Wildman–Crippen MR) is 78.0 cm³/mol. The van der Waals surface area contributed by atoms with Crippen molar-refractivity contribution in [2.45, 2.75) is 31.2 Å². The van der Waals surface area contributed by atoms with E-state index >= 15 is 0 Å². The lowest BCUT2D eigenvalue weighted by molar-refractivity contribution is -0.118. The second kappa shape index (κ2) is 5.29. The average Bonchev–Trinajstić information content (AvgIpc) is 3.18. The Morgan fingerprint density at radius 3 is 2.71 bits per heavy atom. The van der Waals surface area contributed by atoms with E-state index in [-0.39, 0.29) is 17.4 Å². The zero-order chi connectivity index (χ0) is 15.1. The molecule has 2 N–H and O–H groups in total. The molecule has 0 bridgehead atoms. The van der Waals surface area contributed by atoms with E-state index in [1.807, 2.05) is 0 Å². The lowest BCUT2D eigenvalue weighted by Crippen LogP contribution is -2.41. The summed E-state index contributed by atoms with van der Waals surface area (Å²) in [7, 11) is 0. The van der Waals surface area contributed by atoms with Crippen molar-refractivity contribution < 1.29 is 19.1 Å². The second-order valence-corrected chi connectivity index (χ2v) is 6.20. The molecule has 1 aromatic rings. The van der Waals surface area contributed by atoms with Gasteiger partial charge in [-0.3, -0.25) is 4.79 Å². The van der Waals surface area contributed by atoms with Crippen LogP contribution < -0.4 is 10.2 Å². The lowest BCUT2D eigenvalue weighted by Gasteiger charge is -2.19. The summed E-state index contributed by atoms with van der Waals surface area (Å²) in [4.78, 5) is 24.2. The van der Waals surface area contributed by atoms with Gasteiger partial charge >= 0.3 is 6.09 Å². The van der Waals surface area contributed by atoms with Crippen molar-refractivity contribution in [1.82, 2.24) is 5.32 Å². The molecule has 112 valence electrons. The van der Waals surface area contributed by atoms with Crippen molar-refractivity contribution in [3.8, 4) is 0 Å². The third kappa shape index (κ3) is 2.62. The van der Waals surface area contributed by atoms with E-state index in [0.29, 0.717) is 18.5 Å². The molecule has 0 radical (unpaired) electrons. The van der Waals surface area contributed by atoms with Crippen LogP contribution in [0.1, 0.15) is 30.7 Å². The number of nitrogens with one attached hydrogen (secondary N) is 1. The van der Waals surface area contributed by atoms with Gasteiger partial charge in [0.1, 0.15) is 6.04 Å². The number of carbonyl (C=O) groups excluding carboxylic acids is 1. The Balaban J connectivity index is 1.89. The van der Waals surface area contributed by atoms with E-state index in [0.717, 1.165) is 17.3 Å². The molecule has 2 fully saturated rings. The van der Waals surface area contributed by atoms with Crippen LogP contribution in [-0.4, -0.2) is 29.7 Å². The Morgan fingerprint density at radius 2 is 2.10 bits per heavy atom. The first kappa shape index (κ1) is 14.3. The molecule has 1 unspecified atom stereocenters. The van der Waals surface area contributed by atoms with E-state index in [4.69, 9.17) is 5.11 Å². The standard InChI is InChI=1S/C14H14BrFN2O3/c15-8-3-4-10(12(16)11(8)7-1-2-7)18-6-5-9(13(18)19)17-14(20)21/h3-4,7,9,17H,1-2,5-6H2,(H,20,21). The average molecular weight is 357 g/mol. The van der Waals surface area contributed by atoms with Crippen molar-refractivity contribution in [3.05, 3.63) is 28.0 Å². The molecule has 1 aliphatic heterocycles. The number of hydrogen-bond donors (Lipinski definition) is 2. The van der Waals surface area contributed by atoms with Gasteiger partial charge in [0.2, 0.25) is 5.91 Å². The highest BCUT2D eigenvalue weighted by molar-refractivity contribution is 9.10. The second-order valence-electron chi connectivity index (χ2n) is 5.35. The molecule has 1 aliphatic carbocycles. The molecule has 1 aromatic carbocycles. The van der Waals surface area contributed by atoms with Crippen molar-refractivity contribution in [2.75, 3.05) is 11.4 Å². The minimum atomic E-state index is -1.25. The van der Waals surface area contributed by atoms with Gasteiger partial charge in [0, 0.05) is 16.6 Å². The number of nitrogens with zero attached hydrogens (tertiary/aromatic N) is 1. The summed E-state index contributed by atoms with van der Waals surface area (Å²) in [6, 6.07) is 2.51. The van der Waals surface area contributed by atoms with Gasteiger partial charge in [0.15, 0.2) is 5.82 Å². The summed E-state index contributed by atoms with van der Waals surface area (Å²) in [6.45, 7) is 0.312. The van der Waals surface area contributed by atoms with E-state index < -0.39 is 18.0 Å². The summed E-state index contributed by atoms with van der Waals surface area (Å²) in [5, 5.41) is 10.9. The molecule has 1 saturated carbocycles. The number of carbonyl (C=O) groups is 2. The molecule has 21 heavy (non-hydrogen) atoms. The van der Waals surface area contributed by atoms with E-state index in [9.17, 15) is 14.0 Å². The zero-order valence-corrected chi connectivity index (χ0v) is 12.7.